The van der Waals surface area contributed by atoms with Crippen molar-refractivity contribution in [3.05, 3.63) is 29.3 Å². The van der Waals surface area contributed by atoms with Crippen molar-refractivity contribution in [2.45, 2.75) is 26.3 Å². The Morgan fingerprint density at radius 2 is 2.00 bits per heavy atom. The van der Waals surface area contributed by atoms with Crippen LogP contribution in [0.2, 0.25) is 0 Å². The van der Waals surface area contributed by atoms with Crippen LogP contribution in [0, 0.1) is 13.8 Å². The lowest BCUT2D eigenvalue weighted by molar-refractivity contribution is -0.121. The molecule has 2 amide bonds. The fraction of sp³-hybridized carbons (Fsp3) is 0.333. The van der Waals surface area contributed by atoms with Gasteiger partial charge in [-0.3, -0.25) is 15.0 Å². The first-order valence-electron chi connectivity index (χ1n) is 5.49. The Hall–Kier alpha value is -1.88. The van der Waals surface area contributed by atoms with Crippen LogP contribution in [0.4, 0.5) is 5.69 Å². The van der Waals surface area contributed by atoms with E-state index in [-0.39, 0.29) is 18.2 Å². The van der Waals surface area contributed by atoms with Crippen molar-refractivity contribution in [2.24, 2.45) is 0 Å². The highest BCUT2D eigenvalue weighted by Gasteiger charge is 2.27. The molecule has 0 spiro atoms. The molecule has 0 saturated carbocycles. The summed E-state index contributed by atoms with van der Waals surface area (Å²) in [6.07, 6.45) is 0.177. The zero-order valence-electron chi connectivity index (χ0n) is 9.83. The summed E-state index contributed by atoms with van der Waals surface area (Å²) in [7, 11) is 0. The predicted octanol–water partition coefficient (Wildman–Crippen LogP) is 0.635. The largest absolute Gasteiger partial charge is 0.324 e. The Bertz CT molecular complexity index is 451. The minimum Gasteiger partial charge on any atom is -0.324 e. The number of anilines is 1. The Balaban J connectivity index is 2.11. The SMILES string of the molecule is Cc1cccc(C)c1NC(=O)C1CC(=O)NN1. The Morgan fingerprint density at radius 3 is 2.53 bits per heavy atom. The molecule has 17 heavy (non-hydrogen) atoms. The maximum absolute atomic E-state index is 11.9. The minimum absolute atomic E-state index is 0.161. The first kappa shape index (κ1) is 11.6. The number of hydrogen-bond donors (Lipinski definition) is 3. The van der Waals surface area contributed by atoms with Gasteiger partial charge in [-0.05, 0) is 25.0 Å². The van der Waals surface area contributed by atoms with Gasteiger partial charge in [0.05, 0.1) is 6.42 Å². The topological polar surface area (TPSA) is 70.2 Å². The van der Waals surface area contributed by atoms with Gasteiger partial charge in [-0.15, -0.1) is 0 Å². The molecule has 2 rings (SSSR count). The van der Waals surface area contributed by atoms with Gasteiger partial charge in [0, 0.05) is 5.69 Å². The summed E-state index contributed by atoms with van der Waals surface area (Å²) in [4.78, 5) is 22.9. The molecule has 1 saturated heterocycles. The first-order chi connectivity index (χ1) is 8.08. The molecule has 0 aliphatic carbocycles. The van der Waals surface area contributed by atoms with E-state index in [9.17, 15) is 9.59 Å². The zero-order valence-corrected chi connectivity index (χ0v) is 9.83. The van der Waals surface area contributed by atoms with Crippen LogP contribution in [0.3, 0.4) is 0 Å². The van der Waals surface area contributed by atoms with Gasteiger partial charge in [0.15, 0.2) is 0 Å². The Morgan fingerprint density at radius 1 is 1.35 bits per heavy atom. The molecule has 1 aliphatic heterocycles. The van der Waals surface area contributed by atoms with E-state index in [1.54, 1.807) is 0 Å². The van der Waals surface area contributed by atoms with Gasteiger partial charge in [-0.25, -0.2) is 5.43 Å². The second-order valence-electron chi connectivity index (χ2n) is 4.21. The lowest BCUT2D eigenvalue weighted by Crippen LogP contribution is -2.40. The van der Waals surface area contributed by atoms with Crippen LogP contribution in [0.25, 0.3) is 0 Å². The second kappa shape index (κ2) is 4.55. The number of nitrogens with one attached hydrogen (secondary N) is 3. The van der Waals surface area contributed by atoms with E-state index < -0.39 is 6.04 Å². The number of carbonyl (C=O) groups is 2. The lowest BCUT2D eigenvalue weighted by Gasteiger charge is -2.14. The quantitative estimate of drug-likeness (QED) is 0.702. The Labute approximate surface area is 99.6 Å². The van der Waals surface area contributed by atoms with E-state index in [1.807, 2.05) is 32.0 Å². The summed E-state index contributed by atoms with van der Waals surface area (Å²) in [5, 5.41) is 2.85. The number of amides is 2. The van der Waals surface area contributed by atoms with Gasteiger partial charge in [0.1, 0.15) is 6.04 Å². The molecule has 1 aromatic carbocycles. The van der Waals surface area contributed by atoms with Crippen LogP contribution in [0.5, 0.6) is 0 Å². The lowest BCUT2D eigenvalue weighted by atomic mass is 10.1. The molecule has 90 valence electrons. The molecule has 5 heteroatoms. The van der Waals surface area contributed by atoms with Crippen molar-refractivity contribution in [3.8, 4) is 0 Å². The van der Waals surface area contributed by atoms with Crippen LogP contribution < -0.4 is 16.2 Å². The molecule has 0 bridgehead atoms. The van der Waals surface area contributed by atoms with E-state index in [0.29, 0.717) is 0 Å². The number of hydrazine groups is 1. The fourth-order valence-electron chi connectivity index (χ4n) is 1.84. The summed E-state index contributed by atoms with van der Waals surface area (Å²) < 4.78 is 0. The highest BCUT2D eigenvalue weighted by Crippen LogP contribution is 2.19. The molecule has 3 N–H and O–H groups in total. The van der Waals surface area contributed by atoms with E-state index in [2.05, 4.69) is 16.2 Å². The summed E-state index contributed by atoms with van der Waals surface area (Å²) >= 11 is 0. The Kier molecular flexibility index (Phi) is 3.10. The van der Waals surface area contributed by atoms with Gasteiger partial charge in [-0.1, -0.05) is 18.2 Å². The average Bonchev–Trinajstić information content (AvgIpc) is 2.70. The van der Waals surface area contributed by atoms with Crippen molar-refractivity contribution >= 4 is 17.5 Å². The van der Waals surface area contributed by atoms with Gasteiger partial charge in [0.25, 0.3) is 0 Å². The first-order valence-corrected chi connectivity index (χ1v) is 5.49. The third-order valence-electron chi connectivity index (χ3n) is 2.82. The highest BCUT2D eigenvalue weighted by atomic mass is 16.2. The van der Waals surface area contributed by atoms with E-state index >= 15 is 0 Å². The van der Waals surface area contributed by atoms with Crippen LogP contribution in [-0.4, -0.2) is 17.9 Å². The molecule has 1 aromatic rings. The molecular weight excluding hydrogens is 218 g/mol. The van der Waals surface area contributed by atoms with E-state index in [0.717, 1.165) is 16.8 Å². The summed E-state index contributed by atoms with van der Waals surface area (Å²) in [6, 6.07) is 5.32. The number of aryl methyl sites for hydroxylation is 2. The van der Waals surface area contributed by atoms with Crippen LogP contribution in [0.1, 0.15) is 17.5 Å². The summed E-state index contributed by atoms with van der Waals surface area (Å²) in [6.45, 7) is 3.88. The minimum atomic E-state index is -0.499. The maximum Gasteiger partial charge on any atom is 0.243 e. The maximum atomic E-state index is 11.9. The standard InChI is InChI=1S/C12H15N3O2/c1-7-4-3-5-8(2)11(7)13-12(17)9-6-10(16)15-14-9/h3-5,9,14H,6H2,1-2H3,(H,13,17)(H,15,16). The number of hydrogen-bond acceptors (Lipinski definition) is 3. The van der Waals surface area contributed by atoms with Gasteiger partial charge in [0.2, 0.25) is 11.8 Å². The van der Waals surface area contributed by atoms with Crippen molar-refractivity contribution in [3.63, 3.8) is 0 Å². The highest BCUT2D eigenvalue weighted by molar-refractivity contribution is 5.99. The second-order valence-corrected chi connectivity index (χ2v) is 4.21. The van der Waals surface area contributed by atoms with Crippen LogP contribution in [-0.2, 0) is 9.59 Å². The summed E-state index contributed by atoms with van der Waals surface area (Å²) in [5.74, 6) is -0.354. The van der Waals surface area contributed by atoms with Crippen molar-refractivity contribution in [1.29, 1.82) is 0 Å². The monoisotopic (exact) mass is 233 g/mol. The molecular formula is C12H15N3O2. The normalized spacial score (nSPS) is 18.9. The van der Waals surface area contributed by atoms with Crippen molar-refractivity contribution in [1.82, 2.24) is 10.9 Å². The molecule has 1 heterocycles. The molecule has 1 unspecified atom stereocenters. The third-order valence-corrected chi connectivity index (χ3v) is 2.82. The van der Waals surface area contributed by atoms with Gasteiger partial charge >= 0.3 is 0 Å². The fourth-order valence-corrected chi connectivity index (χ4v) is 1.84. The van der Waals surface area contributed by atoms with Crippen molar-refractivity contribution in [2.75, 3.05) is 5.32 Å². The molecule has 1 fully saturated rings. The molecule has 1 atom stereocenters. The number of para-hydroxylation sites is 1. The molecule has 5 nitrogen and oxygen atoms in total. The number of carbonyl (C=O) groups excluding carboxylic acids is 2. The number of benzene rings is 1. The van der Waals surface area contributed by atoms with Crippen LogP contribution in [0.15, 0.2) is 18.2 Å². The molecule has 0 aromatic heterocycles. The third kappa shape index (κ3) is 2.45. The van der Waals surface area contributed by atoms with E-state index in [1.165, 1.54) is 0 Å². The zero-order chi connectivity index (χ0) is 12.4. The van der Waals surface area contributed by atoms with Crippen molar-refractivity contribution < 1.29 is 9.59 Å². The van der Waals surface area contributed by atoms with Gasteiger partial charge < -0.3 is 5.32 Å². The predicted molar refractivity (Wildman–Crippen MR) is 64.2 cm³/mol. The van der Waals surface area contributed by atoms with E-state index in [4.69, 9.17) is 0 Å². The number of rotatable bonds is 2. The van der Waals surface area contributed by atoms with Crippen LogP contribution >= 0.6 is 0 Å². The molecule has 1 aliphatic rings. The summed E-state index contributed by atoms with van der Waals surface area (Å²) in [5.41, 5.74) is 7.91. The smallest absolute Gasteiger partial charge is 0.243 e. The molecule has 0 radical (unpaired) electrons. The van der Waals surface area contributed by atoms with Gasteiger partial charge in [-0.2, -0.15) is 0 Å². The average molecular weight is 233 g/mol.